The maximum Gasteiger partial charge on any atom is 0.254 e. The highest BCUT2D eigenvalue weighted by Gasteiger charge is 2.41. The Kier molecular flexibility index (Phi) is 3.96. The molecule has 1 amide bonds. The summed E-state index contributed by atoms with van der Waals surface area (Å²) in [6, 6.07) is 5.60. The molecule has 7 nitrogen and oxygen atoms in total. The summed E-state index contributed by atoms with van der Waals surface area (Å²) in [5, 5.41) is 0. The van der Waals surface area contributed by atoms with E-state index in [1.165, 1.54) is 12.4 Å². The maximum atomic E-state index is 13.1. The number of amides is 1. The van der Waals surface area contributed by atoms with Crippen LogP contribution < -0.4 is 4.90 Å². The zero-order valence-electron chi connectivity index (χ0n) is 14.5. The zero-order chi connectivity index (χ0) is 18.4. The quantitative estimate of drug-likeness (QED) is 0.675. The Balaban J connectivity index is 1.38. The fraction of sp³-hybridized carbons (Fsp3) is 0.389. The molecule has 9 heteroatoms. The van der Waals surface area contributed by atoms with E-state index in [-0.39, 0.29) is 11.9 Å². The lowest BCUT2D eigenvalue weighted by Gasteiger charge is -2.38. The Labute approximate surface area is 159 Å². The predicted octanol–water partition coefficient (Wildman–Crippen LogP) is 2.36. The van der Waals surface area contributed by atoms with E-state index >= 15 is 0 Å². The highest BCUT2D eigenvalue weighted by atomic mass is 32.1. The van der Waals surface area contributed by atoms with Gasteiger partial charge >= 0.3 is 0 Å². The van der Waals surface area contributed by atoms with Gasteiger partial charge in [0, 0.05) is 25.2 Å². The Morgan fingerprint density at radius 3 is 2.74 bits per heavy atom. The van der Waals surface area contributed by atoms with Crippen LogP contribution in [0.25, 0.3) is 11.0 Å². The lowest BCUT2D eigenvalue weighted by Crippen LogP contribution is -2.50. The van der Waals surface area contributed by atoms with E-state index in [1.54, 1.807) is 0 Å². The number of hydrogen-bond acceptors (Lipinski definition) is 7. The SMILES string of the molecule is O=C(c1ccc2nsnc2c1)N1CCC2CCN(c3ncc(F)cn3)CC21. The van der Waals surface area contributed by atoms with Gasteiger partial charge in [-0.2, -0.15) is 8.75 Å². The molecular formula is C18H17FN6OS. The van der Waals surface area contributed by atoms with E-state index in [0.717, 1.165) is 48.7 Å². The van der Waals surface area contributed by atoms with Gasteiger partial charge in [0.05, 0.1) is 30.2 Å². The third-order valence-corrected chi connectivity index (χ3v) is 6.07. The molecule has 2 aliphatic rings. The summed E-state index contributed by atoms with van der Waals surface area (Å²) in [6.45, 7) is 2.24. The molecule has 0 spiro atoms. The van der Waals surface area contributed by atoms with Crippen LogP contribution in [0.5, 0.6) is 0 Å². The van der Waals surface area contributed by atoms with Crippen LogP contribution in [0.15, 0.2) is 30.6 Å². The number of carbonyl (C=O) groups excluding carboxylic acids is 1. The van der Waals surface area contributed by atoms with Crippen molar-refractivity contribution < 1.29 is 9.18 Å². The molecule has 2 unspecified atom stereocenters. The van der Waals surface area contributed by atoms with E-state index in [9.17, 15) is 9.18 Å². The summed E-state index contributed by atoms with van der Waals surface area (Å²) < 4.78 is 21.5. The molecule has 0 radical (unpaired) electrons. The first-order valence-electron chi connectivity index (χ1n) is 8.95. The van der Waals surface area contributed by atoms with Crippen LogP contribution >= 0.6 is 11.7 Å². The molecule has 2 saturated heterocycles. The fourth-order valence-electron chi connectivity index (χ4n) is 4.12. The lowest BCUT2D eigenvalue weighted by molar-refractivity contribution is 0.0712. The molecule has 2 aliphatic heterocycles. The average Bonchev–Trinajstić information content (AvgIpc) is 3.33. The molecule has 138 valence electrons. The number of anilines is 1. The minimum absolute atomic E-state index is 0.0271. The summed E-state index contributed by atoms with van der Waals surface area (Å²) in [6.07, 6.45) is 4.35. The lowest BCUT2D eigenvalue weighted by atomic mass is 9.92. The van der Waals surface area contributed by atoms with E-state index in [1.807, 2.05) is 28.0 Å². The van der Waals surface area contributed by atoms with Crippen LogP contribution in [0.2, 0.25) is 0 Å². The summed E-state index contributed by atoms with van der Waals surface area (Å²) >= 11 is 1.15. The standard InChI is InChI=1S/C18H17FN6OS/c19-13-8-20-18(21-9-13)24-5-3-11-4-6-25(16(11)10-24)17(26)12-1-2-14-15(7-12)23-27-22-14/h1-2,7-9,11,16H,3-6,10H2. The fourth-order valence-corrected chi connectivity index (χ4v) is 4.64. The summed E-state index contributed by atoms with van der Waals surface area (Å²) in [7, 11) is 0. The average molecular weight is 384 g/mol. The molecule has 0 N–H and O–H groups in total. The second kappa shape index (κ2) is 6.49. The van der Waals surface area contributed by atoms with Gasteiger partial charge in [0.15, 0.2) is 5.82 Å². The van der Waals surface area contributed by atoms with Crippen molar-refractivity contribution in [1.29, 1.82) is 0 Å². The second-order valence-electron chi connectivity index (χ2n) is 7.02. The number of benzene rings is 1. The summed E-state index contributed by atoms with van der Waals surface area (Å²) in [4.78, 5) is 25.3. The van der Waals surface area contributed by atoms with Gasteiger partial charge in [-0.05, 0) is 37.0 Å². The van der Waals surface area contributed by atoms with Crippen molar-refractivity contribution in [2.45, 2.75) is 18.9 Å². The van der Waals surface area contributed by atoms with Crippen molar-refractivity contribution in [1.82, 2.24) is 23.6 Å². The van der Waals surface area contributed by atoms with Gasteiger partial charge in [-0.15, -0.1) is 0 Å². The molecule has 3 aromatic rings. The molecule has 2 atom stereocenters. The number of rotatable bonds is 2. The van der Waals surface area contributed by atoms with Gasteiger partial charge in [-0.25, -0.2) is 14.4 Å². The first-order valence-corrected chi connectivity index (χ1v) is 9.68. The van der Waals surface area contributed by atoms with Gasteiger partial charge in [-0.1, -0.05) is 0 Å². The maximum absolute atomic E-state index is 13.1. The molecule has 0 aliphatic carbocycles. The smallest absolute Gasteiger partial charge is 0.254 e. The summed E-state index contributed by atoms with van der Waals surface area (Å²) in [5.41, 5.74) is 2.21. The second-order valence-corrected chi connectivity index (χ2v) is 7.55. The van der Waals surface area contributed by atoms with E-state index < -0.39 is 5.82 Å². The Morgan fingerprint density at radius 2 is 1.89 bits per heavy atom. The van der Waals surface area contributed by atoms with E-state index in [0.29, 0.717) is 24.0 Å². The first kappa shape index (κ1) is 16.5. The molecule has 27 heavy (non-hydrogen) atoms. The number of likely N-dealkylation sites (tertiary alicyclic amines) is 1. The Bertz CT molecular complexity index is 993. The van der Waals surface area contributed by atoms with Gasteiger partial charge in [0.2, 0.25) is 5.95 Å². The molecule has 4 heterocycles. The number of aromatic nitrogens is 4. The van der Waals surface area contributed by atoms with Gasteiger partial charge in [0.25, 0.3) is 5.91 Å². The van der Waals surface area contributed by atoms with Crippen LogP contribution in [0.4, 0.5) is 10.3 Å². The highest BCUT2D eigenvalue weighted by Crippen LogP contribution is 2.34. The van der Waals surface area contributed by atoms with Crippen molar-refractivity contribution in [2.24, 2.45) is 5.92 Å². The van der Waals surface area contributed by atoms with Crippen molar-refractivity contribution in [3.63, 3.8) is 0 Å². The molecular weight excluding hydrogens is 367 g/mol. The van der Waals surface area contributed by atoms with E-state index in [4.69, 9.17) is 0 Å². The van der Waals surface area contributed by atoms with Gasteiger partial charge in [-0.3, -0.25) is 4.79 Å². The van der Waals surface area contributed by atoms with Crippen LogP contribution in [-0.4, -0.2) is 55.2 Å². The molecule has 2 fully saturated rings. The van der Waals surface area contributed by atoms with Crippen LogP contribution in [0.3, 0.4) is 0 Å². The molecule has 0 saturated carbocycles. The topological polar surface area (TPSA) is 75.1 Å². The number of nitrogens with zero attached hydrogens (tertiary/aromatic N) is 6. The molecule has 0 bridgehead atoms. The minimum Gasteiger partial charge on any atom is -0.339 e. The van der Waals surface area contributed by atoms with Crippen molar-refractivity contribution in [3.8, 4) is 0 Å². The number of fused-ring (bicyclic) bond motifs is 2. The zero-order valence-corrected chi connectivity index (χ0v) is 15.3. The predicted molar refractivity (Wildman–Crippen MR) is 99.2 cm³/mol. The third-order valence-electron chi connectivity index (χ3n) is 5.51. The largest absolute Gasteiger partial charge is 0.339 e. The number of halogens is 1. The van der Waals surface area contributed by atoms with Crippen molar-refractivity contribution in [2.75, 3.05) is 24.5 Å². The summed E-state index contributed by atoms with van der Waals surface area (Å²) in [5.74, 6) is 0.580. The van der Waals surface area contributed by atoms with Crippen molar-refractivity contribution in [3.05, 3.63) is 42.0 Å². The van der Waals surface area contributed by atoms with Crippen LogP contribution in [0.1, 0.15) is 23.2 Å². The van der Waals surface area contributed by atoms with Crippen LogP contribution in [-0.2, 0) is 0 Å². The normalized spacial score (nSPS) is 22.3. The highest BCUT2D eigenvalue weighted by molar-refractivity contribution is 7.00. The van der Waals surface area contributed by atoms with Gasteiger partial charge in [0.1, 0.15) is 11.0 Å². The Morgan fingerprint density at radius 1 is 1.11 bits per heavy atom. The molecule has 1 aromatic carbocycles. The number of hydrogen-bond donors (Lipinski definition) is 0. The third kappa shape index (κ3) is 2.91. The van der Waals surface area contributed by atoms with Gasteiger partial charge < -0.3 is 9.80 Å². The van der Waals surface area contributed by atoms with Crippen molar-refractivity contribution >= 4 is 34.6 Å². The van der Waals surface area contributed by atoms with E-state index in [2.05, 4.69) is 18.7 Å². The number of carbonyl (C=O) groups is 1. The number of piperidine rings is 1. The molecule has 2 aromatic heterocycles. The monoisotopic (exact) mass is 384 g/mol. The first-order chi connectivity index (χ1) is 13.2. The van der Waals surface area contributed by atoms with Crippen LogP contribution in [0, 0.1) is 11.7 Å². The Hall–Kier alpha value is -2.68. The minimum atomic E-state index is -0.446. The molecule has 5 rings (SSSR count).